The predicted octanol–water partition coefficient (Wildman–Crippen LogP) is 12.3. The minimum Gasteiger partial charge on any atom is -0.309 e. The fourth-order valence-corrected chi connectivity index (χ4v) is 8.89. The highest BCUT2D eigenvalue weighted by Crippen LogP contribution is 2.56. The van der Waals surface area contributed by atoms with Crippen molar-refractivity contribution in [3.05, 3.63) is 229 Å². The summed E-state index contributed by atoms with van der Waals surface area (Å²) in [4.78, 5) is 15.0. The predicted molar refractivity (Wildman–Crippen MR) is 228 cm³/mol. The first-order chi connectivity index (χ1) is 27.8. The van der Waals surface area contributed by atoms with Gasteiger partial charge in [0.15, 0.2) is 17.5 Å². The third-order valence-corrected chi connectivity index (χ3v) is 11.4. The third-order valence-electron chi connectivity index (χ3n) is 11.4. The summed E-state index contributed by atoms with van der Waals surface area (Å²) in [5.41, 5.74) is 13.3. The van der Waals surface area contributed by atoms with E-state index in [1.807, 2.05) is 60.7 Å². The van der Waals surface area contributed by atoms with Crippen molar-refractivity contribution in [2.75, 3.05) is 0 Å². The zero-order valence-corrected chi connectivity index (χ0v) is 30.4. The maximum atomic E-state index is 5.03. The molecular formula is C52H34N4. The van der Waals surface area contributed by atoms with Crippen molar-refractivity contribution < 1.29 is 0 Å². The lowest BCUT2D eigenvalue weighted by Gasteiger charge is -2.34. The van der Waals surface area contributed by atoms with Crippen LogP contribution < -0.4 is 0 Å². The molecule has 56 heavy (non-hydrogen) atoms. The first-order valence-corrected chi connectivity index (χ1v) is 19.0. The number of para-hydroxylation sites is 2. The third kappa shape index (κ3) is 4.89. The van der Waals surface area contributed by atoms with Gasteiger partial charge in [-0.1, -0.05) is 182 Å². The molecule has 0 atom stereocenters. The Hall–Kier alpha value is -7.43. The maximum Gasteiger partial charge on any atom is 0.164 e. The van der Waals surface area contributed by atoms with Crippen molar-refractivity contribution in [2.24, 2.45) is 0 Å². The van der Waals surface area contributed by atoms with Gasteiger partial charge < -0.3 is 4.57 Å². The average molecular weight is 715 g/mol. The van der Waals surface area contributed by atoms with Crippen LogP contribution in [0.15, 0.2) is 206 Å². The van der Waals surface area contributed by atoms with Gasteiger partial charge in [0.25, 0.3) is 0 Å². The van der Waals surface area contributed by atoms with Crippen LogP contribution in [0.4, 0.5) is 0 Å². The molecule has 0 amide bonds. The van der Waals surface area contributed by atoms with Crippen molar-refractivity contribution in [1.29, 1.82) is 0 Å². The highest BCUT2D eigenvalue weighted by Gasteiger charge is 2.45. The van der Waals surface area contributed by atoms with Crippen LogP contribution in [0.25, 0.3) is 72.8 Å². The van der Waals surface area contributed by atoms with Gasteiger partial charge in [0.05, 0.1) is 16.4 Å². The van der Waals surface area contributed by atoms with Gasteiger partial charge >= 0.3 is 0 Å². The molecule has 11 rings (SSSR count). The number of hydrogen-bond donors (Lipinski definition) is 0. The summed E-state index contributed by atoms with van der Waals surface area (Å²) in [7, 11) is 0. The zero-order chi connectivity index (χ0) is 37.1. The molecule has 0 aliphatic heterocycles. The van der Waals surface area contributed by atoms with Crippen molar-refractivity contribution in [1.82, 2.24) is 19.5 Å². The Labute approximate surface area is 325 Å². The van der Waals surface area contributed by atoms with Gasteiger partial charge in [-0.05, 0) is 57.6 Å². The topological polar surface area (TPSA) is 43.6 Å². The number of nitrogens with zero attached hydrogens (tertiary/aromatic N) is 4. The van der Waals surface area contributed by atoms with E-state index in [0.29, 0.717) is 17.5 Å². The molecule has 0 N–H and O–H groups in total. The second kappa shape index (κ2) is 12.9. The molecule has 0 saturated heterocycles. The van der Waals surface area contributed by atoms with Crippen LogP contribution in [-0.4, -0.2) is 19.5 Å². The van der Waals surface area contributed by atoms with Gasteiger partial charge in [-0.3, -0.25) is 0 Å². The monoisotopic (exact) mass is 714 g/mol. The van der Waals surface area contributed by atoms with E-state index in [2.05, 4.69) is 150 Å². The molecular weight excluding hydrogens is 681 g/mol. The van der Waals surface area contributed by atoms with Crippen LogP contribution in [0.5, 0.6) is 0 Å². The summed E-state index contributed by atoms with van der Waals surface area (Å²) in [5.74, 6) is 1.94. The summed E-state index contributed by atoms with van der Waals surface area (Å²) in [6, 6.07) is 73.5. The standard InChI is InChI=1S/C52H34N4/c1-3-15-35(16-4-1)49-53-50(36-17-5-2-6-18-36)55-51(54-49)37-27-29-38(30-28-37)52(45-23-11-7-19-41(45)42-20-8-12-24-46(42)52)39-31-33-40(34-32-39)56-47-25-13-9-21-43(47)44-22-10-14-26-48(44)56/h1-34H. The van der Waals surface area contributed by atoms with E-state index >= 15 is 0 Å². The first kappa shape index (κ1) is 32.0. The Bertz CT molecular complexity index is 2900. The van der Waals surface area contributed by atoms with Crippen LogP contribution in [-0.2, 0) is 5.41 Å². The molecule has 262 valence electrons. The fraction of sp³-hybridized carbons (Fsp3) is 0.0192. The normalized spacial score (nSPS) is 12.8. The summed E-state index contributed by atoms with van der Waals surface area (Å²) in [6.07, 6.45) is 0. The van der Waals surface area contributed by atoms with E-state index in [-0.39, 0.29) is 0 Å². The van der Waals surface area contributed by atoms with E-state index in [9.17, 15) is 0 Å². The van der Waals surface area contributed by atoms with E-state index in [1.54, 1.807) is 0 Å². The Kier molecular flexibility index (Phi) is 7.36. The summed E-state index contributed by atoms with van der Waals surface area (Å²) in [5, 5.41) is 2.51. The Morgan fingerprint density at radius 2 is 0.696 bits per heavy atom. The minimum absolute atomic E-state index is 0.547. The molecule has 1 aliphatic rings. The molecule has 2 aromatic heterocycles. The number of rotatable bonds is 6. The maximum absolute atomic E-state index is 5.03. The van der Waals surface area contributed by atoms with Crippen molar-refractivity contribution in [2.45, 2.75) is 5.41 Å². The number of benzene rings is 8. The number of fused-ring (bicyclic) bond motifs is 6. The van der Waals surface area contributed by atoms with Crippen LogP contribution in [0.2, 0.25) is 0 Å². The van der Waals surface area contributed by atoms with Gasteiger partial charge in [-0.25, -0.2) is 15.0 Å². The fourth-order valence-electron chi connectivity index (χ4n) is 8.89. The summed E-state index contributed by atoms with van der Waals surface area (Å²) in [6.45, 7) is 0. The molecule has 4 nitrogen and oxygen atoms in total. The second-order valence-electron chi connectivity index (χ2n) is 14.4. The molecule has 4 heteroatoms. The van der Waals surface area contributed by atoms with E-state index in [0.717, 1.165) is 22.4 Å². The molecule has 0 unspecified atom stereocenters. The van der Waals surface area contributed by atoms with Crippen molar-refractivity contribution >= 4 is 21.8 Å². The first-order valence-electron chi connectivity index (χ1n) is 19.0. The van der Waals surface area contributed by atoms with Gasteiger partial charge in [0, 0.05) is 33.2 Å². The molecule has 2 heterocycles. The van der Waals surface area contributed by atoms with E-state index in [4.69, 9.17) is 15.0 Å². The lowest BCUT2D eigenvalue weighted by Crippen LogP contribution is -2.28. The summed E-state index contributed by atoms with van der Waals surface area (Å²) < 4.78 is 2.38. The lowest BCUT2D eigenvalue weighted by molar-refractivity contribution is 0.768. The molecule has 8 aromatic carbocycles. The molecule has 1 aliphatic carbocycles. The van der Waals surface area contributed by atoms with Crippen LogP contribution in [0.1, 0.15) is 22.3 Å². The van der Waals surface area contributed by atoms with Crippen molar-refractivity contribution in [3.63, 3.8) is 0 Å². The lowest BCUT2D eigenvalue weighted by atomic mass is 9.67. The average Bonchev–Trinajstić information content (AvgIpc) is 3.78. The van der Waals surface area contributed by atoms with Gasteiger partial charge in [-0.15, -0.1) is 0 Å². The Balaban J connectivity index is 1.09. The second-order valence-corrected chi connectivity index (χ2v) is 14.4. The summed E-state index contributed by atoms with van der Waals surface area (Å²) >= 11 is 0. The molecule has 0 fully saturated rings. The van der Waals surface area contributed by atoms with E-state index < -0.39 is 5.41 Å². The smallest absolute Gasteiger partial charge is 0.164 e. The molecule has 0 saturated carbocycles. The highest BCUT2D eigenvalue weighted by molar-refractivity contribution is 6.09. The van der Waals surface area contributed by atoms with Gasteiger partial charge in [-0.2, -0.15) is 0 Å². The Morgan fingerprint density at radius 3 is 1.18 bits per heavy atom. The quantitative estimate of drug-likeness (QED) is 0.172. The zero-order valence-electron chi connectivity index (χ0n) is 30.4. The molecule has 0 radical (unpaired) electrons. The van der Waals surface area contributed by atoms with Gasteiger partial charge in [0.1, 0.15) is 0 Å². The number of aromatic nitrogens is 4. The molecule has 10 aromatic rings. The van der Waals surface area contributed by atoms with E-state index in [1.165, 1.54) is 55.2 Å². The van der Waals surface area contributed by atoms with Crippen LogP contribution >= 0.6 is 0 Å². The SMILES string of the molecule is c1ccc(-c2nc(-c3ccccc3)nc(-c3ccc(C4(c5ccc(-n6c7ccccc7c7ccccc76)cc5)c5ccccc5-c5ccccc54)cc3)n2)cc1. The number of hydrogen-bond acceptors (Lipinski definition) is 3. The Morgan fingerprint density at radius 1 is 0.321 bits per heavy atom. The minimum atomic E-state index is -0.547. The highest BCUT2D eigenvalue weighted by atomic mass is 15.0. The van der Waals surface area contributed by atoms with Crippen molar-refractivity contribution in [3.8, 4) is 51.0 Å². The molecule has 0 spiro atoms. The van der Waals surface area contributed by atoms with Crippen LogP contribution in [0.3, 0.4) is 0 Å². The van der Waals surface area contributed by atoms with Crippen LogP contribution in [0, 0.1) is 0 Å². The largest absolute Gasteiger partial charge is 0.309 e. The van der Waals surface area contributed by atoms with Gasteiger partial charge in [0.2, 0.25) is 0 Å². The molecule has 0 bridgehead atoms.